The van der Waals surface area contributed by atoms with E-state index >= 15 is 0 Å². The van der Waals surface area contributed by atoms with Gasteiger partial charge in [-0.3, -0.25) is 24.0 Å². The van der Waals surface area contributed by atoms with Crippen LogP contribution in [0.5, 0.6) is 0 Å². The predicted octanol–water partition coefficient (Wildman–Crippen LogP) is -18.3. The van der Waals surface area contributed by atoms with Crippen molar-refractivity contribution >= 4 is 35.5 Å². The molecule has 26 N–H and O–H groups in total. The summed E-state index contributed by atoms with van der Waals surface area (Å²) in [6.45, 7) is -4.35. The first-order valence-corrected chi connectivity index (χ1v) is 24.5. The Labute approximate surface area is 443 Å². The Balaban J connectivity index is 1.00. The molecule has 79 heavy (non-hydrogen) atoms. The van der Waals surface area contributed by atoms with Crippen LogP contribution in [0.1, 0.15) is 0 Å². The summed E-state index contributed by atoms with van der Waals surface area (Å²) in [5.41, 5.74) is 5.49. The predicted molar refractivity (Wildman–Crippen MR) is 242 cm³/mol. The van der Waals surface area contributed by atoms with E-state index in [0.717, 1.165) is 0 Å². The van der Waals surface area contributed by atoms with Gasteiger partial charge in [-0.15, -0.1) is 0 Å². The molecule has 5 amide bonds. The van der Waals surface area contributed by atoms with Crippen molar-refractivity contribution < 1.29 is 154 Å². The minimum atomic E-state index is -2.20. The van der Waals surface area contributed by atoms with Crippen LogP contribution in [-0.2, 0) is 57.2 Å². The van der Waals surface area contributed by atoms with Crippen LogP contribution >= 0.6 is 0 Å². The summed E-state index contributed by atoms with van der Waals surface area (Å²) in [5.74, 6) is -7.94. The highest BCUT2D eigenvalue weighted by Gasteiger charge is 2.54. The zero-order valence-corrected chi connectivity index (χ0v) is 41.0. The molecule has 6 aliphatic rings. The van der Waals surface area contributed by atoms with E-state index in [2.05, 4.69) is 26.6 Å². The molecule has 6 rings (SSSR count). The Hall–Kier alpha value is -4.18. The molecule has 6 fully saturated rings. The Bertz CT molecular complexity index is 2120. The van der Waals surface area contributed by atoms with E-state index in [1.165, 1.54) is 0 Å². The molecule has 0 spiro atoms. The van der Waals surface area contributed by atoms with Gasteiger partial charge >= 0.3 is 5.97 Å². The number of carbonyl (C=O) groups excluding carboxylic acids is 5. The summed E-state index contributed by atoms with van der Waals surface area (Å²) < 4.78 is 32.2. The fraction of sp³-hybridized carbons (Fsp3) is 0.857. The van der Waals surface area contributed by atoms with Crippen LogP contribution in [0.25, 0.3) is 0 Å². The lowest BCUT2D eigenvalue weighted by Gasteiger charge is -2.42. The van der Waals surface area contributed by atoms with E-state index in [1.54, 1.807) is 0 Å². The molecule has 452 valence electrons. The maximum atomic E-state index is 13.4. The number of carbonyl (C=O) groups is 6. The van der Waals surface area contributed by atoms with Crippen LogP contribution in [-0.4, -0.2) is 355 Å². The maximum absolute atomic E-state index is 13.4. The number of nitrogens with two attached hydrogens (primary N) is 1. The van der Waals surface area contributed by atoms with Crippen LogP contribution < -0.4 is 32.3 Å². The van der Waals surface area contributed by atoms with Gasteiger partial charge in [-0.05, 0) is 0 Å². The number of carboxylic acid groups (broad SMARTS) is 1. The first kappa shape index (κ1) is 64.0. The molecule has 0 aromatic heterocycles. The number of amides is 5. The monoisotopic (exact) mass is 1150 g/mol. The van der Waals surface area contributed by atoms with Gasteiger partial charge in [0, 0.05) is 39.3 Å². The molecular weight excluding hydrogens is 1080 g/mol. The van der Waals surface area contributed by atoms with Crippen molar-refractivity contribution in [1.29, 1.82) is 0 Å². The van der Waals surface area contributed by atoms with Gasteiger partial charge in [-0.25, -0.2) is 4.79 Å². The highest BCUT2D eigenvalue weighted by molar-refractivity contribution is 5.84. The van der Waals surface area contributed by atoms with Crippen molar-refractivity contribution in [3.05, 3.63) is 0 Å². The van der Waals surface area contributed by atoms with Gasteiger partial charge < -0.3 is 158 Å². The molecule has 0 aromatic carbocycles. The number of rotatable bonds is 17. The van der Waals surface area contributed by atoms with Crippen molar-refractivity contribution in [3.8, 4) is 0 Å². The molecule has 6 heterocycles. The Kier molecular flexibility index (Phi) is 21.7. The summed E-state index contributed by atoms with van der Waals surface area (Å²) in [7, 11) is 0. The number of aliphatic hydroxyl groups excluding tert-OH is 18. The van der Waals surface area contributed by atoms with Gasteiger partial charge in [0.1, 0.15) is 140 Å². The van der Waals surface area contributed by atoms with Crippen LogP contribution in [0.4, 0.5) is 0 Å². The molecule has 0 bridgehead atoms. The molecule has 0 aromatic rings. The van der Waals surface area contributed by atoms with Gasteiger partial charge in [-0.2, -0.15) is 0 Å². The lowest BCUT2D eigenvalue weighted by molar-refractivity contribution is -0.229. The van der Waals surface area contributed by atoms with Gasteiger partial charge in [-0.1, -0.05) is 0 Å². The van der Waals surface area contributed by atoms with E-state index in [-0.39, 0.29) is 6.54 Å². The molecule has 30 atom stereocenters. The van der Waals surface area contributed by atoms with Crippen molar-refractivity contribution in [1.82, 2.24) is 26.6 Å². The average Bonchev–Trinajstić information content (AvgIpc) is 3.43. The largest absolute Gasteiger partial charge is 0.479 e. The van der Waals surface area contributed by atoms with Crippen molar-refractivity contribution in [2.45, 2.75) is 183 Å². The average molecular weight is 1150 g/mol. The summed E-state index contributed by atoms with van der Waals surface area (Å²) in [5, 5.41) is 208. The summed E-state index contributed by atoms with van der Waals surface area (Å²) >= 11 is 0. The Morgan fingerprint density at radius 1 is 0.266 bits per heavy atom. The smallest absolute Gasteiger partial charge is 0.335 e. The SMILES string of the molecule is NCC1OC(C(=O)NCC2OC(C(=O)NCC3OC(C(=O)NCC4OC(C(=O)NCC5OC(C(=O)NCC6OC(C(=O)O)C(O)C(O)C6O)C(O)C(O)C5O)C(O)C(O)C4O)C(O)C(O)C3O)C(O)C(O)C2O)C(O)C(O)C1O. The van der Waals surface area contributed by atoms with Gasteiger partial charge in [0.25, 0.3) is 29.5 Å². The fourth-order valence-corrected chi connectivity index (χ4v) is 9.54. The number of hydrogen-bond acceptors (Lipinski definition) is 31. The number of ether oxygens (including phenoxy) is 6. The lowest BCUT2D eigenvalue weighted by atomic mass is 9.92. The van der Waals surface area contributed by atoms with Crippen molar-refractivity contribution in [3.63, 3.8) is 0 Å². The molecule has 0 radical (unpaired) electrons. The number of nitrogens with one attached hydrogen (secondary N) is 5. The third kappa shape index (κ3) is 13.7. The second-order valence-electron chi connectivity index (χ2n) is 19.7. The number of hydrogen-bond donors (Lipinski definition) is 25. The van der Waals surface area contributed by atoms with E-state index in [1.807, 2.05) is 0 Å². The molecule has 0 saturated carbocycles. The topological polar surface area (TPSA) is 628 Å². The minimum absolute atomic E-state index is 0.366. The standard InChI is InChI=1S/C42H68N6O31/c43-1-7-13(49)19(55)25(61)31(74-7)37(67)44-2-8-14(50)20(56)26(62)32(75-8)38(68)45-3-9-15(51)21(57)27(63)33(76-9)39(69)46-4-10-16(52)22(58)28(64)34(77-10)40(70)47-5-11-17(53)23(59)29(65)35(78-11)41(71)48-6-12-18(54)24(60)30(66)36(79-12)42(72)73/h7-36,49-66H,1-6,43H2,(H,44,67)(H,45,68)(H,46,69)(H,47,70)(H,48,71)(H,72,73). The summed E-state index contributed by atoms with van der Waals surface area (Å²) in [6.07, 6.45) is -58.7. The normalized spacial score (nSPS) is 46.5. The molecule has 6 saturated heterocycles. The van der Waals surface area contributed by atoms with E-state index < -0.39 is 251 Å². The molecule has 37 heteroatoms. The zero-order chi connectivity index (χ0) is 58.8. The second-order valence-corrected chi connectivity index (χ2v) is 19.7. The summed E-state index contributed by atoms with van der Waals surface area (Å²) in [6, 6.07) is 0. The molecule has 30 unspecified atom stereocenters. The maximum Gasteiger partial charge on any atom is 0.335 e. The highest BCUT2D eigenvalue weighted by atomic mass is 16.6. The van der Waals surface area contributed by atoms with Crippen LogP contribution in [0.2, 0.25) is 0 Å². The van der Waals surface area contributed by atoms with E-state index in [9.17, 15) is 126 Å². The third-order valence-corrected chi connectivity index (χ3v) is 14.4. The quantitative estimate of drug-likeness (QED) is 0.0643. The van der Waals surface area contributed by atoms with E-state index in [0.29, 0.717) is 0 Å². The van der Waals surface area contributed by atoms with Gasteiger partial charge in [0.05, 0.1) is 6.10 Å². The minimum Gasteiger partial charge on any atom is -0.479 e. The number of aliphatic hydroxyl groups is 18. The molecular formula is C42H68N6O31. The number of carboxylic acids is 1. The van der Waals surface area contributed by atoms with Crippen LogP contribution in [0.3, 0.4) is 0 Å². The van der Waals surface area contributed by atoms with Crippen molar-refractivity contribution in [2.75, 3.05) is 39.3 Å². The summed E-state index contributed by atoms with van der Waals surface area (Å²) in [4.78, 5) is 77.5. The van der Waals surface area contributed by atoms with Crippen molar-refractivity contribution in [2.24, 2.45) is 5.73 Å². The molecule has 6 aliphatic heterocycles. The van der Waals surface area contributed by atoms with Crippen LogP contribution in [0, 0.1) is 0 Å². The van der Waals surface area contributed by atoms with Gasteiger partial charge in [0.15, 0.2) is 36.6 Å². The first-order chi connectivity index (χ1) is 37.0. The first-order valence-electron chi connectivity index (χ1n) is 24.5. The zero-order valence-electron chi connectivity index (χ0n) is 41.0. The number of aliphatic carboxylic acids is 1. The van der Waals surface area contributed by atoms with E-state index in [4.69, 9.17) is 34.2 Å². The Morgan fingerprint density at radius 2 is 0.430 bits per heavy atom. The molecule has 0 aliphatic carbocycles. The third-order valence-electron chi connectivity index (χ3n) is 14.4. The molecule has 37 nitrogen and oxygen atoms in total. The Morgan fingerprint density at radius 3 is 0.620 bits per heavy atom. The highest BCUT2D eigenvalue weighted by Crippen LogP contribution is 2.28. The lowest BCUT2D eigenvalue weighted by Crippen LogP contribution is -2.67. The second kappa shape index (κ2) is 26.8. The fourth-order valence-electron chi connectivity index (χ4n) is 9.54. The van der Waals surface area contributed by atoms with Crippen LogP contribution in [0.15, 0.2) is 0 Å². The van der Waals surface area contributed by atoms with Gasteiger partial charge in [0.2, 0.25) is 0 Å².